The summed E-state index contributed by atoms with van der Waals surface area (Å²) in [6, 6.07) is 6.12. The lowest BCUT2D eigenvalue weighted by Crippen LogP contribution is -2.30. The van der Waals surface area contributed by atoms with Gasteiger partial charge in [0.2, 0.25) is 5.91 Å². The topological polar surface area (TPSA) is 55.2 Å². The van der Waals surface area contributed by atoms with E-state index >= 15 is 0 Å². The van der Waals surface area contributed by atoms with Crippen LogP contribution in [-0.2, 0) is 11.2 Å². The molecular weight excluding hydrogens is 390 g/mol. The average Bonchev–Trinajstić information content (AvgIpc) is 3.28. The van der Waals surface area contributed by atoms with E-state index in [2.05, 4.69) is 13.0 Å². The predicted octanol–water partition coefficient (Wildman–Crippen LogP) is 3.60. The first-order valence-corrected chi connectivity index (χ1v) is 11.6. The first-order valence-electron chi connectivity index (χ1n) is 9.74. The molecule has 148 valence electrons. The number of carbonyl (C=O) groups excluding carboxylic acids is 1. The molecule has 1 aromatic carbocycles. The number of thioether (sulfide) groups is 2. The summed E-state index contributed by atoms with van der Waals surface area (Å²) in [5.74, 6) is 0.450. The second kappa shape index (κ2) is 7.95. The van der Waals surface area contributed by atoms with Gasteiger partial charge in [0.05, 0.1) is 22.0 Å². The maximum absolute atomic E-state index is 13.3. The Morgan fingerprint density at radius 2 is 1.89 bits per heavy atom. The molecule has 0 aliphatic carbocycles. The molecule has 0 N–H and O–H groups in total. The van der Waals surface area contributed by atoms with Crippen LogP contribution in [0, 0.1) is 13.8 Å². The van der Waals surface area contributed by atoms with Crippen molar-refractivity contribution >= 4 is 29.4 Å². The lowest BCUT2D eigenvalue weighted by atomic mass is 10.1. The minimum Gasteiger partial charge on any atom is -0.342 e. The van der Waals surface area contributed by atoms with Crippen molar-refractivity contribution in [2.24, 2.45) is 0 Å². The van der Waals surface area contributed by atoms with Crippen molar-refractivity contribution in [3.63, 3.8) is 0 Å². The second-order valence-electron chi connectivity index (χ2n) is 7.67. The smallest absolute Gasteiger partial charge is 0.272 e. The number of aromatic nitrogens is 2. The number of benzene rings is 1. The molecule has 1 amide bonds. The third-order valence-corrected chi connectivity index (χ3v) is 7.27. The Labute approximate surface area is 173 Å². The molecule has 2 aromatic rings. The zero-order chi connectivity index (χ0) is 19.8. The lowest BCUT2D eigenvalue weighted by molar-refractivity contribution is -0.127. The molecule has 0 radical (unpaired) electrons. The van der Waals surface area contributed by atoms with E-state index in [9.17, 15) is 9.59 Å². The highest BCUT2D eigenvalue weighted by Crippen LogP contribution is 2.35. The van der Waals surface area contributed by atoms with Gasteiger partial charge in [0, 0.05) is 24.8 Å². The largest absolute Gasteiger partial charge is 0.342 e. The third kappa shape index (κ3) is 3.87. The van der Waals surface area contributed by atoms with Gasteiger partial charge in [-0.25, -0.2) is 4.98 Å². The summed E-state index contributed by atoms with van der Waals surface area (Å²) >= 11 is 2.99. The van der Waals surface area contributed by atoms with Gasteiger partial charge in [0.1, 0.15) is 0 Å². The van der Waals surface area contributed by atoms with Crippen molar-refractivity contribution in [1.29, 1.82) is 0 Å². The van der Waals surface area contributed by atoms with E-state index < -0.39 is 0 Å². The molecule has 7 heteroatoms. The van der Waals surface area contributed by atoms with Gasteiger partial charge in [0.15, 0.2) is 5.16 Å². The van der Waals surface area contributed by atoms with Crippen LogP contribution in [0.3, 0.4) is 0 Å². The summed E-state index contributed by atoms with van der Waals surface area (Å²) in [6.07, 6.45) is 2.96. The molecule has 3 heterocycles. The summed E-state index contributed by atoms with van der Waals surface area (Å²) in [5, 5.41) is 0.977. The number of likely N-dealkylation sites (tertiary alicyclic amines) is 1. The predicted molar refractivity (Wildman–Crippen MR) is 115 cm³/mol. The number of hydrogen-bond donors (Lipinski definition) is 0. The second-order valence-corrected chi connectivity index (χ2v) is 10.1. The molecule has 1 fully saturated rings. The van der Waals surface area contributed by atoms with Gasteiger partial charge in [-0.3, -0.25) is 14.2 Å². The third-order valence-electron chi connectivity index (χ3n) is 5.13. The molecule has 0 bridgehead atoms. The van der Waals surface area contributed by atoms with E-state index in [4.69, 9.17) is 4.98 Å². The summed E-state index contributed by atoms with van der Waals surface area (Å²) in [7, 11) is 0. The van der Waals surface area contributed by atoms with Crippen LogP contribution in [0.2, 0.25) is 0 Å². The number of fused-ring (bicyclic) bond motifs is 1. The fourth-order valence-corrected chi connectivity index (χ4v) is 5.92. The molecule has 1 saturated heterocycles. The number of carbonyl (C=O) groups is 1. The highest BCUT2D eigenvalue weighted by atomic mass is 32.2. The number of amides is 1. The monoisotopic (exact) mass is 415 g/mol. The van der Waals surface area contributed by atoms with Crippen LogP contribution in [0.4, 0.5) is 0 Å². The maximum Gasteiger partial charge on any atom is 0.272 e. The van der Waals surface area contributed by atoms with Crippen LogP contribution in [0.1, 0.15) is 36.6 Å². The molecule has 2 aliphatic rings. The highest BCUT2D eigenvalue weighted by Gasteiger charge is 2.27. The van der Waals surface area contributed by atoms with Crippen LogP contribution < -0.4 is 5.56 Å². The molecule has 28 heavy (non-hydrogen) atoms. The first-order chi connectivity index (χ1) is 13.4. The molecule has 1 atom stereocenters. The van der Waals surface area contributed by atoms with Crippen molar-refractivity contribution in [3.8, 4) is 5.69 Å². The fourth-order valence-electron chi connectivity index (χ4n) is 3.89. The van der Waals surface area contributed by atoms with Gasteiger partial charge >= 0.3 is 0 Å². The van der Waals surface area contributed by atoms with E-state index in [-0.39, 0.29) is 11.5 Å². The normalized spacial score (nSPS) is 18.5. The van der Waals surface area contributed by atoms with Crippen LogP contribution in [0.25, 0.3) is 5.69 Å². The summed E-state index contributed by atoms with van der Waals surface area (Å²) in [6.45, 7) is 7.87. The van der Waals surface area contributed by atoms with E-state index in [1.54, 1.807) is 16.3 Å². The molecule has 1 aromatic heterocycles. The minimum atomic E-state index is -0.0135. The Morgan fingerprint density at radius 3 is 2.57 bits per heavy atom. The van der Waals surface area contributed by atoms with Crippen molar-refractivity contribution in [1.82, 2.24) is 14.5 Å². The Bertz CT molecular complexity index is 960. The summed E-state index contributed by atoms with van der Waals surface area (Å²) in [4.78, 5) is 33.4. The van der Waals surface area contributed by atoms with Crippen molar-refractivity contribution in [3.05, 3.63) is 45.4 Å². The molecule has 5 nitrogen and oxygen atoms in total. The number of aryl methyl sites for hydroxylation is 2. The van der Waals surface area contributed by atoms with Gasteiger partial charge in [0.25, 0.3) is 5.56 Å². The standard InChI is InChI=1S/C21H25N3O2S2/c1-13-8-14(2)10-16(9-13)24-20(26)19-17(11-15(3)28-19)22-21(24)27-12-18(25)23-6-4-5-7-23/h8-10,15H,4-7,11-12H2,1-3H3. The number of rotatable bonds is 4. The van der Waals surface area contributed by atoms with Gasteiger partial charge in [-0.1, -0.05) is 24.8 Å². The molecule has 1 unspecified atom stereocenters. The fraction of sp³-hybridized carbons (Fsp3) is 0.476. The maximum atomic E-state index is 13.3. The Hall–Kier alpha value is -1.73. The highest BCUT2D eigenvalue weighted by molar-refractivity contribution is 8.00. The molecule has 2 aliphatic heterocycles. The first kappa shape index (κ1) is 19.6. The van der Waals surface area contributed by atoms with Crippen LogP contribution >= 0.6 is 23.5 Å². The number of nitrogens with zero attached hydrogens (tertiary/aromatic N) is 3. The van der Waals surface area contributed by atoms with Gasteiger partial charge in [-0.15, -0.1) is 11.8 Å². The number of hydrogen-bond acceptors (Lipinski definition) is 5. The van der Waals surface area contributed by atoms with Crippen LogP contribution in [0.5, 0.6) is 0 Å². The lowest BCUT2D eigenvalue weighted by Gasteiger charge is -2.17. The molecular formula is C21H25N3O2S2. The van der Waals surface area contributed by atoms with E-state index in [0.29, 0.717) is 16.2 Å². The van der Waals surface area contributed by atoms with Crippen molar-refractivity contribution in [2.75, 3.05) is 18.8 Å². The minimum absolute atomic E-state index is 0.0135. The Kier molecular flexibility index (Phi) is 5.56. The Balaban J connectivity index is 1.73. The average molecular weight is 416 g/mol. The van der Waals surface area contributed by atoms with Gasteiger partial charge in [-0.2, -0.15) is 0 Å². The van der Waals surface area contributed by atoms with E-state index in [0.717, 1.165) is 59.8 Å². The summed E-state index contributed by atoms with van der Waals surface area (Å²) in [5.41, 5.74) is 3.90. The zero-order valence-corrected chi connectivity index (χ0v) is 18.2. The van der Waals surface area contributed by atoms with Crippen LogP contribution in [0.15, 0.2) is 33.0 Å². The quantitative estimate of drug-likeness (QED) is 0.564. The SMILES string of the molecule is Cc1cc(C)cc(-n2c(SCC(=O)N3CCCC3)nc3c(c2=O)SC(C)C3)c1. The van der Waals surface area contributed by atoms with E-state index in [1.807, 2.05) is 30.9 Å². The molecule has 0 spiro atoms. The summed E-state index contributed by atoms with van der Waals surface area (Å²) < 4.78 is 1.70. The zero-order valence-electron chi connectivity index (χ0n) is 16.5. The van der Waals surface area contributed by atoms with Gasteiger partial charge in [-0.05, 0) is 49.9 Å². The molecule has 0 saturated carbocycles. The van der Waals surface area contributed by atoms with Crippen LogP contribution in [-0.4, -0.2) is 44.5 Å². The van der Waals surface area contributed by atoms with Gasteiger partial charge < -0.3 is 4.90 Å². The van der Waals surface area contributed by atoms with Crippen molar-refractivity contribution in [2.45, 2.75) is 55.3 Å². The Morgan fingerprint density at radius 1 is 1.21 bits per heavy atom. The van der Waals surface area contributed by atoms with Crippen molar-refractivity contribution < 1.29 is 4.79 Å². The molecule has 4 rings (SSSR count). The van der Waals surface area contributed by atoms with E-state index in [1.165, 1.54) is 11.8 Å².